The number of carbonyl (C=O) groups is 1. The molecular formula is C26H13F7N5O2-. The van der Waals surface area contributed by atoms with Crippen molar-refractivity contribution >= 4 is 5.97 Å². The molecule has 0 saturated heterocycles. The van der Waals surface area contributed by atoms with Gasteiger partial charge in [0.2, 0.25) is 0 Å². The molecule has 1 unspecified atom stereocenters. The lowest BCUT2D eigenvalue weighted by atomic mass is 10.00. The van der Waals surface area contributed by atoms with E-state index in [0.717, 1.165) is 16.7 Å². The molecule has 14 heteroatoms. The van der Waals surface area contributed by atoms with Gasteiger partial charge in [0.25, 0.3) is 0 Å². The highest BCUT2D eigenvalue weighted by Crippen LogP contribution is 2.40. The number of rotatable bonds is 5. The fraction of sp³-hybridized carbons (Fsp3) is 0.115. The van der Waals surface area contributed by atoms with E-state index < -0.39 is 52.6 Å². The van der Waals surface area contributed by atoms with Gasteiger partial charge in [0.1, 0.15) is 17.6 Å². The molecule has 2 aromatic carbocycles. The number of hydrogen-bond acceptors (Lipinski definition) is 6. The zero-order valence-electron chi connectivity index (χ0n) is 19.7. The number of aromatic nitrogens is 5. The smallest absolute Gasteiger partial charge is 0.417 e. The molecule has 7 nitrogen and oxygen atoms in total. The Morgan fingerprint density at radius 1 is 0.800 bits per heavy atom. The lowest BCUT2D eigenvalue weighted by Gasteiger charge is -2.21. The summed E-state index contributed by atoms with van der Waals surface area (Å²) in [6.45, 7) is 0. The topological polar surface area (TPSA) is 96.6 Å². The van der Waals surface area contributed by atoms with Gasteiger partial charge in [-0.3, -0.25) is 0 Å². The van der Waals surface area contributed by atoms with E-state index >= 15 is 0 Å². The predicted molar refractivity (Wildman–Crippen MR) is 123 cm³/mol. The second kappa shape index (κ2) is 9.70. The number of pyridine rings is 1. The van der Waals surface area contributed by atoms with Crippen molar-refractivity contribution in [3.05, 3.63) is 95.7 Å². The summed E-state index contributed by atoms with van der Waals surface area (Å²) < 4.78 is 94.9. The lowest BCUT2D eigenvalue weighted by molar-refractivity contribution is -0.309. The first-order chi connectivity index (χ1) is 18.8. The molecule has 40 heavy (non-hydrogen) atoms. The van der Waals surface area contributed by atoms with Crippen molar-refractivity contribution in [2.45, 2.75) is 18.4 Å². The maximum Gasteiger partial charge on any atom is 0.417 e. The van der Waals surface area contributed by atoms with Crippen LogP contribution in [-0.2, 0) is 17.1 Å². The van der Waals surface area contributed by atoms with Crippen LogP contribution in [0.2, 0.25) is 0 Å². The molecule has 0 bridgehead atoms. The van der Waals surface area contributed by atoms with E-state index in [0.29, 0.717) is 17.8 Å². The van der Waals surface area contributed by atoms with Crippen LogP contribution in [0.4, 0.5) is 30.7 Å². The summed E-state index contributed by atoms with van der Waals surface area (Å²) in [5.74, 6) is -2.14. The van der Waals surface area contributed by atoms with Crippen molar-refractivity contribution in [3.63, 3.8) is 0 Å². The number of aliphatic carboxylic acids is 1. The Bertz CT molecular complexity index is 1680. The maximum atomic E-state index is 14.2. The van der Waals surface area contributed by atoms with Crippen LogP contribution in [0.25, 0.3) is 34.0 Å². The van der Waals surface area contributed by atoms with Crippen LogP contribution in [0.1, 0.15) is 22.9 Å². The third-order valence-electron chi connectivity index (χ3n) is 5.92. The van der Waals surface area contributed by atoms with Crippen molar-refractivity contribution in [2.24, 2.45) is 0 Å². The zero-order chi connectivity index (χ0) is 28.8. The van der Waals surface area contributed by atoms with Gasteiger partial charge in [-0.15, -0.1) is 0 Å². The molecule has 0 radical (unpaired) electrons. The summed E-state index contributed by atoms with van der Waals surface area (Å²) in [4.78, 5) is 20.5. The van der Waals surface area contributed by atoms with E-state index in [1.165, 1.54) is 36.7 Å². The Morgan fingerprint density at radius 3 is 2.15 bits per heavy atom. The highest BCUT2D eigenvalue weighted by atomic mass is 19.4. The first-order valence-corrected chi connectivity index (χ1v) is 11.3. The fourth-order valence-electron chi connectivity index (χ4n) is 4.06. The van der Waals surface area contributed by atoms with Crippen molar-refractivity contribution in [3.8, 4) is 34.0 Å². The molecule has 5 rings (SSSR count). The van der Waals surface area contributed by atoms with Gasteiger partial charge in [-0.25, -0.2) is 14.4 Å². The number of nitrogens with zero attached hydrogens (tertiary/aromatic N) is 5. The average Bonchev–Trinajstić information content (AvgIpc) is 3.31. The molecule has 204 valence electrons. The monoisotopic (exact) mass is 560 g/mol. The molecule has 0 saturated carbocycles. The second-order valence-electron chi connectivity index (χ2n) is 8.51. The zero-order valence-corrected chi connectivity index (χ0v) is 19.7. The molecule has 0 amide bonds. The molecule has 1 aromatic heterocycles. The molecule has 2 aliphatic heterocycles. The molecule has 1 atom stereocenters. The fourth-order valence-corrected chi connectivity index (χ4v) is 4.06. The molecular weight excluding hydrogens is 547 g/mol. The standard InChI is InChI=1S/C26H14F7N5O2/c27-17-4-2-1-3-15(17)23-34-19-9-10-38(12-21(19)35-23)22(24(39)40)20-8-7-18(36-37-20)14-6-5-13(25(28,29)30)11-16(14)26(31,32)33/h1-12,22H,(H,39,40)/p-1. The lowest BCUT2D eigenvalue weighted by Crippen LogP contribution is -2.34. The summed E-state index contributed by atoms with van der Waals surface area (Å²) in [6.07, 6.45) is -7.54. The van der Waals surface area contributed by atoms with Crippen LogP contribution >= 0.6 is 0 Å². The Balaban J connectivity index is 1.51. The second-order valence-corrected chi connectivity index (χ2v) is 8.51. The molecule has 0 aliphatic carbocycles. The van der Waals surface area contributed by atoms with Crippen LogP contribution < -0.4 is 5.11 Å². The molecule has 3 heterocycles. The van der Waals surface area contributed by atoms with E-state index in [-0.39, 0.29) is 28.8 Å². The number of hydrogen-bond donors (Lipinski definition) is 0. The van der Waals surface area contributed by atoms with Gasteiger partial charge < -0.3 is 14.5 Å². The minimum Gasteiger partial charge on any atom is -0.547 e. The summed E-state index contributed by atoms with van der Waals surface area (Å²) in [5, 5.41) is 19.4. The van der Waals surface area contributed by atoms with Gasteiger partial charge in [-0.2, -0.15) is 36.5 Å². The minimum absolute atomic E-state index is 0.0313. The number of imidazole rings is 1. The third kappa shape index (κ3) is 5.07. The van der Waals surface area contributed by atoms with Crippen LogP contribution in [0.15, 0.2) is 73.1 Å². The van der Waals surface area contributed by atoms with Crippen LogP contribution in [0, 0.1) is 5.82 Å². The van der Waals surface area contributed by atoms with Crippen molar-refractivity contribution in [1.29, 1.82) is 0 Å². The molecule has 0 N–H and O–H groups in total. The Labute approximate surface area is 219 Å². The van der Waals surface area contributed by atoms with E-state index in [9.17, 15) is 40.6 Å². The Kier molecular flexibility index (Phi) is 6.48. The highest BCUT2D eigenvalue weighted by Gasteiger charge is 2.38. The van der Waals surface area contributed by atoms with Crippen LogP contribution in [0.5, 0.6) is 0 Å². The minimum atomic E-state index is -5.14. The highest BCUT2D eigenvalue weighted by molar-refractivity contribution is 5.74. The summed E-state index contributed by atoms with van der Waals surface area (Å²) in [6, 6.07) is 8.73. The van der Waals surface area contributed by atoms with Gasteiger partial charge in [0.05, 0.1) is 39.7 Å². The predicted octanol–water partition coefficient (Wildman–Crippen LogP) is 5.02. The molecule has 0 spiro atoms. The first kappa shape index (κ1) is 26.7. The Morgan fingerprint density at radius 2 is 1.52 bits per heavy atom. The first-order valence-electron chi connectivity index (χ1n) is 11.3. The third-order valence-corrected chi connectivity index (χ3v) is 5.92. The van der Waals surface area contributed by atoms with E-state index in [1.807, 2.05) is 0 Å². The van der Waals surface area contributed by atoms with E-state index in [2.05, 4.69) is 20.2 Å². The molecule has 0 fully saturated rings. The molecule has 3 aromatic rings. The van der Waals surface area contributed by atoms with Crippen molar-refractivity contribution in [2.75, 3.05) is 0 Å². The van der Waals surface area contributed by atoms with Gasteiger partial charge >= 0.3 is 12.4 Å². The summed E-state index contributed by atoms with van der Waals surface area (Å²) >= 11 is 0. The Hall–Kier alpha value is -4.88. The number of alkyl halides is 6. The van der Waals surface area contributed by atoms with Gasteiger partial charge in [0, 0.05) is 18.0 Å². The molecule has 2 aliphatic rings. The SMILES string of the molecule is O=C([O-])C(c1ccc(-c2ccc(C(F)(F)F)cc2C(F)(F)F)nn1)n1ccc2nc(-c3ccccc3F)nc-2c1. The maximum absolute atomic E-state index is 14.2. The van der Waals surface area contributed by atoms with Gasteiger partial charge in [0.15, 0.2) is 5.82 Å². The largest absolute Gasteiger partial charge is 0.547 e. The number of carboxylic acid groups (broad SMARTS) is 1. The van der Waals surface area contributed by atoms with Crippen LogP contribution in [-0.4, -0.2) is 30.7 Å². The number of benzene rings is 2. The quantitative estimate of drug-likeness (QED) is 0.280. The van der Waals surface area contributed by atoms with Gasteiger partial charge in [-0.1, -0.05) is 18.2 Å². The summed E-state index contributed by atoms with van der Waals surface area (Å²) in [7, 11) is 0. The number of halogens is 7. The summed E-state index contributed by atoms with van der Waals surface area (Å²) in [5.41, 5.74) is -3.77. The average molecular weight is 560 g/mol. The number of carbonyl (C=O) groups excluding carboxylic acids is 1. The van der Waals surface area contributed by atoms with E-state index in [4.69, 9.17) is 0 Å². The van der Waals surface area contributed by atoms with Crippen molar-refractivity contribution in [1.82, 2.24) is 24.7 Å². The van der Waals surface area contributed by atoms with E-state index in [1.54, 1.807) is 6.07 Å². The number of carboxylic acids is 1. The number of fused-ring (bicyclic) bond motifs is 1. The van der Waals surface area contributed by atoms with Crippen LogP contribution in [0.3, 0.4) is 0 Å². The van der Waals surface area contributed by atoms with Crippen molar-refractivity contribution < 1.29 is 40.6 Å². The normalized spacial score (nSPS) is 13.0. The van der Waals surface area contributed by atoms with Gasteiger partial charge in [-0.05, 0) is 42.5 Å².